The summed E-state index contributed by atoms with van der Waals surface area (Å²) < 4.78 is 4.50. The fraction of sp³-hybridized carbons (Fsp3) is 0.500. The van der Waals surface area contributed by atoms with Crippen LogP contribution in [0.2, 0.25) is 0 Å². The van der Waals surface area contributed by atoms with Gasteiger partial charge in [0.1, 0.15) is 5.92 Å². The summed E-state index contributed by atoms with van der Waals surface area (Å²) in [5.74, 6) is -2.84. The number of carbonyl (C=O) groups excluding carboxylic acids is 3. The van der Waals surface area contributed by atoms with Crippen LogP contribution >= 0.6 is 0 Å². The Kier molecular flexibility index (Phi) is 2.84. The van der Waals surface area contributed by atoms with Crippen molar-refractivity contribution in [2.24, 2.45) is 11.8 Å². The Morgan fingerprint density at radius 1 is 1.43 bits per heavy atom. The summed E-state index contributed by atoms with van der Waals surface area (Å²) >= 11 is 0. The van der Waals surface area contributed by atoms with Crippen LogP contribution in [0.15, 0.2) is 11.6 Å². The standard InChI is InChI=1S/C10H12O4/c1-5-4-7(11)6(2)9(12)8(5)10(13)14-3/h4,6,8H,1-3H3. The predicted molar refractivity (Wildman–Crippen MR) is 48.4 cm³/mol. The quantitative estimate of drug-likeness (QED) is 0.453. The van der Waals surface area contributed by atoms with Crippen LogP contribution in [0.4, 0.5) is 0 Å². The second-order valence-corrected chi connectivity index (χ2v) is 3.37. The molecule has 0 aromatic rings. The minimum Gasteiger partial charge on any atom is -0.468 e. The van der Waals surface area contributed by atoms with Gasteiger partial charge < -0.3 is 4.74 Å². The molecule has 0 aliphatic heterocycles. The van der Waals surface area contributed by atoms with Crippen LogP contribution in [0.1, 0.15) is 13.8 Å². The Bertz CT molecular complexity index is 327. The van der Waals surface area contributed by atoms with E-state index >= 15 is 0 Å². The fourth-order valence-electron chi connectivity index (χ4n) is 1.47. The number of methoxy groups -OCH3 is 1. The predicted octanol–water partition coefficient (Wildman–Crippen LogP) is 0.510. The molecule has 4 nitrogen and oxygen atoms in total. The topological polar surface area (TPSA) is 60.4 Å². The van der Waals surface area contributed by atoms with Crippen LogP contribution in [0.5, 0.6) is 0 Å². The molecule has 0 bridgehead atoms. The molecule has 1 aliphatic carbocycles. The van der Waals surface area contributed by atoms with E-state index in [0.29, 0.717) is 5.57 Å². The average Bonchev–Trinajstić information content (AvgIpc) is 2.14. The Balaban J connectivity index is 3.07. The molecule has 0 amide bonds. The van der Waals surface area contributed by atoms with Gasteiger partial charge in [-0.3, -0.25) is 14.4 Å². The summed E-state index contributed by atoms with van der Waals surface area (Å²) in [6, 6.07) is 0. The third kappa shape index (κ3) is 1.60. The van der Waals surface area contributed by atoms with Gasteiger partial charge >= 0.3 is 5.97 Å². The summed E-state index contributed by atoms with van der Waals surface area (Å²) in [5, 5.41) is 0. The highest BCUT2D eigenvalue weighted by atomic mass is 16.5. The lowest BCUT2D eigenvalue weighted by atomic mass is 9.80. The molecular weight excluding hydrogens is 184 g/mol. The number of esters is 1. The van der Waals surface area contributed by atoms with Crippen LogP contribution in [0.3, 0.4) is 0 Å². The first kappa shape index (κ1) is 10.6. The number of allylic oxidation sites excluding steroid dienone is 1. The van der Waals surface area contributed by atoms with Gasteiger partial charge in [-0.2, -0.15) is 0 Å². The van der Waals surface area contributed by atoms with Crippen LogP contribution in [-0.2, 0) is 19.1 Å². The lowest BCUT2D eigenvalue weighted by Crippen LogP contribution is -2.37. The number of ether oxygens (including phenoxy) is 1. The van der Waals surface area contributed by atoms with Gasteiger partial charge in [0.25, 0.3) is 0 Å². The third-order valence-corrected chi connectivity index (χ3v) is 2.40. The van der Waals surface area contributed by atoms with E-state index in [9.17, 15) is 14.4 Å². The van der Waals surface area contributed by atoms with Gasteiger partial charge in [0, 0.05) is 0 Å². The lowest BCUT2D eigenvalue weighted by molar-refractivity contribution is -0.149. The maximum atomic E-state index is 11.6. The van der Waals surface area contributed by atoms with Gasteiger partial charge in [-0.25, -0.2) is 0 Å². The number of ketones is 2. The van der Waals surface area contributed by atoms with E-state index in [4.69, 9.17) is 0 Å². The SMILES string of the molecule is COC(=O)C1C(=O)C(C)C(=O)C=C1C. The van der Waals surface area contributed by atoms with Crippen molar-refractivity contribution in [3.63, 3.8) is 0 Å². The van der Waals surface area contributed by atoms with Gasteiger partial charge in [-0.05, 0) is 25.5 Å². The van der Waals surface area contributed by atoms with Gasteiger partial charge in [0.15, 0.2) is 11.6 Å². The van der Waals surface area contributed by atoms with Crippen LogP contribution in [-0.4, -0.2) is 24.6 Å². The Morgan fingerprint density at radius 2 is 2.00 bits per heavy atom. The zero-order valence-corrected chi connectivity index (χ0v) is 8.37. The average molecular weight is 196 g/mol. The third-order valence-electron chi connectivity index (χ3n) is 2.40. The smallest absolute Gasteiger partial charge is 0.320 e. The molecule has 0 saturated heterocycles. The number of Topliss-reactive ketones (excluding diaryl/α,β-unsaturated/α-hetero) is 1. The maximum absolute atomic E-state index is 11.6. The van der Waals surface area contributed by atoms with E-state index in [-0.39, 0.29) is 11.6 Å². The van der Waals surface area contributed by atoms with Gasteiger partial charge in [0.05, 0.1) is 13.0 Å². The first-order chi connectivity index (χ1) is 6.49. The molecule has 0 heterocycles. The first-order valence-electron chi connectivity index (χ1n) is 4.32. The molecule has 14 heavy (non-hydrogen) atoms. The molecule has 0 N–H and O–H groups in total. The van der Waals surface area contributed by atoms with Crippen molar-refractivity contribution in [2.45, 2.75) is 13.8 Å². The number of rotatable bonds is 1. The number of carbonyl (C=O) groups is 3. The maximum Gasteiger partial charge on any atom is 0.320 e. The zero-order chi connectivity index (χ0) is 10.9. The fourth-order valence-corrected chi connectivity index (χ4v) is 1.47. The van der Waals surface area contributed by atoms with E-state index in [1.54, 1.807) is 6.92 Å². The van der Waals surface area contributed by atoms with Crippen molar-refractivity contribution in [1.82, 2.24) is 0 Å². The molecule has 0 spiro atoms. The van der Waals surface area contributed by atoms with Crippen molar-refractivity contribution < 1.29 is 19.1 Å². The minimum absolute atomic E-state index is 0.243. The molecule has 0 aromatic heterocycles. The largest absolute Gasteiger partial charge is 0.468 e. The monoisotopic (exact) mass is 196 g/mol. The molecule has 2 atom stereocenters. The highest BCUT2D eigenvalue weighted by Gasteiger charge is 2.38. The molecular formula is C10H12O4. The molecule has 1 rings (SSSR count). The van der Waals surface area contributed by atoms with Gasteiger partial charge in [0.2, 0.25) is 0 Å². The van der Waals surface area contributed by atoms with Crippen molar-refractivity contribution in [3.8, 4) is 0 Å². The number of hydrogen-bond acceptors (Lipinski definition) is 4. The minimum atomic E-state index is -0.896. The molecule has 4 heteroatoms. The van der Waals surface area contributed by atoms with Crippen molar-refractivity contribution in [2.75, 3.05) is 7.11 Å². The Labute approximate surface area is 81.9 Å². The van der Waals surface area contributed by atoms with E-state index < -0.39 is 17.8 Å². The summed E-state index contributed by atoms with van der Waals surface area (Å²) in [6.07, 6.45) is 1.34. The zero-order valence-electron chi connectivity index (χ0n) is 8.37. The second kappa shape index (κ2) is 3.74. The highest BCUT2D eigenvalue weighted by Crippen LogP contribution is 2.24. The lowest BCUT2D eigenvalue weighted by Gasteiger charge is -2.21. The van der Waals surface area contributed by atoms with Gasteiger partial charge in [-0.15, -0.1) is 0 Å². The Morgan fingerprint density at radius 3 is 2.50 bits per heavy atom. The Hall–Kier alpha value is -1.45. The molecule has 2 unspecified atom stereocenters. The summed E-state index contributed by atoms with van der Waals surface area (Å²) in [5.41, 5.74) is 0.463. The normalized spacial score (nSPS) is 27.2. The molecule has 0 aromatic carbocycles. The van der Waals surface area contributed by atoms with Crippen LogP contribution in [0.25, 0.3) is 0 Å². The van der Waals surface area contributed by atoms with Crippen molar-refractivity contribution in [1.29, 1.82) is 0 Å². The van der Waals surface area contributed by atoms with Crippen molar-refractivity contribution in [3.05, 3.63) is 11.6 Å². The van der Waals surface area contributed by atoms with Crippen LogP contribution in [0, 0.1) is 11.8 Å². The summed E-state index contributed by atoms with van der Waals surface area (Å²) in [7, 11) is 1.23. The summed E-state index contributed by atoms with van der Waals surface area (Å²) in [6.45, 7) is 3.09. The summed E-state index contributed by atoms with van der Waals surface area (Å²) in [4.78, 5) is 34.1. The van der Waals surface area contributed by atoms with Crippen molar-refractivity contribution >= 4 is 17.5 Å². The molecule has 0 saturated carbocycles. The van der Waals surface area contributed by atoms with E-state index in [1.165, 1.54) is 20.1 Å². The van der Waals surface area contributed by atoms with Crippen LogP contribution < -0.4 is 0 Å². The van der Waals surface area contributed by atoms with E-state index in [0.717, 1.165) is 0 Å². The molecule has 1 aliphatic rings. The second-order valence-electron chi connectivity index (χ2n) is 3.37. The molecule has 76 valence electrons. The molecule has 0 fully saturated rings. The van der Waals surface area contributed by atoms with Gasteiger partial charge in [-0.1, -0.05) is 0 Å². The molecule has 0 radical (unpaired) electrons. The van der Waals surface area contributed by atoms with E-state index in [1.807, 2.05) is 0 Å². The number of hydrogen-bond donors (Lipinski definition) is 0. The van der Waals surface area contributed by atoms with E-state index in [2.05, 4.69) is 4.74 Å². The first-order valence-corrected chi connectivity index (χ1v) is 4.32. The highest BCUT2D eigenvalue weighted by molar-refractivity contribution is 6.17.